The Morgan fingerprint density at radius 3 is 2.38 bits per heavy atom. The Morgan fingerprint density at radius 1 is 0.969 bits per heavy atom. The Kier molecular flexibility index (Phi) is 6.02. The normalized spacial score (nSPS) is 15.8. The first kappa shape index (κ1) is 20.9. The Balaban J connectivity index is 1.52. The molecule has 6 heteroatoms. The highest BCUT2D eigenvalue weighted by molar-refractivity contribution is 8.00. The second kappa shape index (κ2) is 9.23. The van der Waals surface area contributed by atoms with Crippen molar-refractivity contribution in [2.45, 2.75) is 11.8 Å². The molecule has 1 N–H and O–H groups in total. The van der Waals surface area contributed by atoms with Gasteiger partial charge < -0.3 is 4.90 Å². The summed E-state index contributed by atoms with van der Waals surface area (Å²) in [6.07, 6.45) is 0.710. The zero-order chi connectivity index (χ0) is 21.9. The molecule has 4 aromatic rings. The van der Waals surface area contributed by atoms with Crippen LogP contribution in [0.1, 0.15) is 15.9 Å². The molecule has 1 atom stereocenters. The number of halogens is 1. The van der Waals surface area contributed by atoms with E-state index in [4.69, 9.17) is 11.6 Å². The van der Waals surface area contributed by atoms with Crippen LogP contribution in [0.2, 0.25) is 5.02 Å². The van der Waals surface area contributed by atoms with Gasteiger partial charge in [-0.1, -0.05) is 72.3 Å². The average molecular weight is 460 g/mol. The minimum Gasteiger partial charge on any atom is -0.326 e. The second-order valence-corrected chi connectivity index (χ2v) is 9.41. The van der Waals surface area contributed by atoms with Crippen molar-refractivity contribution < 1.29 is 4.79 Å². The molecule has 2 heterocycles. The lowest BCUT2D eigenvalue weighted by Gasteiger charge is -2.24. The molecule has 1 unspecified atom stereocenters. The fraction of sp³-hybridized carbons (Fsp3) is 0.154. The number of aromatic nitrogens is 2. The molecular weight excluding hydrogens is 438 g/mol. The smallest absolute Gasteiger partial charge is 0.254 e. The first-order valence-corrected chi connectivity index (χ1v) is 12.0. The summed E-state index contributed by atoms with van der Waals surface area (Å²) in [5.74, 6) is 1.01. The van der Waals surface area contributed by atoms with Crippen molar-refractivity contribution in [2.75, 3.05) is 12.3 Å². The number of nitrogens with one attached hydrogen (secondary N) is 1. The van der Waals surface area contributed by atoms with E-state index >= 15 is 0 Å². The Morgan fingerprint density at radius 2 is 1.66 bits per heavy atom. The molecule has 4 nitrogen and oxygen atoms in total. The molecule has 1 fully saturated rings. The molecule has 0 aliphatic carbocycles. The van der Waals surface area contributed by atoms with E-state index in [-0.39, 0.29) is 11.3 Å². The van der Waals surface area contributed by atoms with Crippen LogP contribution in [0.5, 0.6) is 0 Å². The van der Waals surface area contributed by atoms with Gasteiger partial charge in [-0.05, 0) is 29.8 Å². The first-order chi connectivity index (χ1) is 15.7. The number of hydrogen-bond acceptors (Lipinski definition) is 3. The fourth-order valence-corrected chi connectivity index (χ4v) is 5.46. The number of carbonyl (C=O) groups excluding carboxylic acids is 1. The molecule has 0 radical (unpaired) electrons. The van der Waals surface area contributed by atoms with Crippen molar-refractivity contribution >= 4 is 29.3 Å². The van der Waals surface area contributed by atoms with Crippen molar-refractivity contribution in [3.63, 3.8) is 0 Å². The highest BCUT2D eigenvalue weighted by Gasteiger charge is 2.32. The van der Waals surface area contributed by atoms with Gasteiger partial charge in [-0.15, -0.1) is 11.8 Å². The van der Waals surface area contributed by atoms with Gasteiger partial charge in [0.05, 0.1) is 16.8 Å². The third kappa shape index (κ3) is 4.18. The van der Waals surface area contributed by atoms with E-state index in [0.29, 0.717) is 11.4 Å². The van der Waals surface area contributed by atoms with Gasteiger partial charge in [0.2, 0.25) is 0 Å². The molecule has 0 bridgehead atoms. The lowest BCUT2D eigenvalue weighted by Crippen LogP contribution is -2.36. The Hall–Kier alpha value is -3.02. The molecular formula is C26H22ClN3OS. The highest BCUT2D eigenvalue weighted by Crippen LogP contribution is 2.36. The van der Waals surface area contributed by atoms with E-state index in [9.17, 15) is 4.79 Å². The number of nitrogens with zero attached hydrogens (tertiary/aromatic N) is 2. The predicted octanol–water partition coefficient (Wildman–Crippen LogP) is 6.15. The van der Waals surface area contributed by atoms with Crippen molar-refractivity contribution in [1.82, 2.24) is 15.1 Å². The van der Waals surface area contributed by atoms with Crippen molar-refractivity contribution in [1.29, 1.82) is 0 Å². The van der Waals surface area contributed by atoms with E-state index in [1.165, 1.54) is 0 Å². The van der Waals surface area contributed by atoms with Gasteiger partial charge in [0.15, 0.2) is 0 Å². The van der Waals surface area contributed by atoms with E-state index in [1.807, 2.05) is 89.5 Å². The molecule has 32 heavy (non-hydrogen) atoms. The average Bonchev–Trinajstić information content (AvgIpc) is 3.48. The first-order valence-electron chi connectivity index (χ1n) is 10.6. The van der Waals surface area contributed by atoms with Gasteiger partial charge in [0.25, 0.3) is 5.91 Å². The summed E-state index contributed by atoms with van der Waals surface area (Å²) in [7, 11) is 0. The number of rotatable bonds is 5. The molecule has 1 aromatic heterocycles. The second-order valence-electron chi connectivity index (χ2n) is 7.69. The maximum absolute atomic E-state index is 13.2. The lowest BCUT2D eigenvalue weighted by molar-refractivity contribution is 0.0761. The van der Waals surface area contributed by atoms with Crippen molar-refractivity contribution in [3.8, 4) is 22.5 Å². The van der Waals surface area contributed by atoms with Crippen LogP contribution in [0, 0.1) is 0 Å². The van der Waals surface area contributed by atoms with Crippen molar-refractivity contribution in [2.24, 2.45) is 0 Å². The van der Waals surface area contributed by atoms with E-state index < -0.39 is 0 Å². The van der Waals surface area contributed by atoms with Gasteiger partial charge in [-0.3, -0.25) is 9.89 Å². The van der Waals surface area contributed by atoms with Crippen LogP contribution in [0.3, 0.4) is 0 Å². The van der Waals surface area contributed by atoms with Gasteiger partial charge >= 0.3 is 0 Å². The maximum Gasteiger partial charge on any atom is 0.254 e. The molecule has 0 spiro atoms. The maximum atomic E-state index is 13.2. The number of aromatic amines is 1. The van der Waals surface area contributed by atoms with Gasteiger partial charge in [0, 0.05) is 40.4 Å². The van der Waals surface area contributed by atoms with Crippen LogP contribution in [-0.2, 0) is 6.42 Å². The molecule has 160 valence electrons. The minimum atomic E-state index is 0.0498. The van der Waals surface area contributed by atoms with E-state index in [2.05, 4.69) is 22.3 Å². The topological polar surface area (TPSA) is 49.0 Å². The molecule has 1 amide bonds. The summed E-state index contributed by atoms with van der Waals surface area (Å²) < 4.78 is 0. The van der Waals surface area contributed by atoms with Crippen molar-refractivity contribution in [3.05, 3.63) is 101 Å². The Bertz CT molecular complexity index is 1210. The zero-order valence-electron chi connectivity index (χ0n) is 17.4. The molecule has 3 aromatic carbocycles. The van der Waals surface area contributed by atoms with Gasteiger partial charge in [-0.2, -0.15) is 5.10 Å². The molecule has 1 saturated heterocycles. The third-order valence-electron chi connectivity index (χ3n) is 5.70. The number of H-pyrrole nitrogens is 1. The number of hydrogen-bond donors (Lipinski definition) is 1. The van der Waals surface area contributed by atoms with Crippen LogP contribution in [0.25, 0.3) is 22.5 Å². The summed E-state index contributed by atoms with van der Waals surface area (Å²) in [4.78, 5) is 15.2. The number of benzene rings is 3. The summed E-state index contributed by atoms with van der Waals surface area (Å²) in [5, 5.41) is 8.69. The predicted molar refractivity (Wildman–Crippen MR) is 132 cm³/mol. The quantitative estimate of drug-likeness (QED) is 0.389. The molecule has 0 saturated carbocycles. The molecule has 1 aliphatic rings. The van der Waals surface area contributed by atoms with Crippen LogP contribution in [-0.4, -0.2) is 38.7 Å². The molecule has 1 aliphatic heterocycles. The zero-order valence-corrected chi connectivity index (χ0v) is 18.9. The fourth-order valence-electron chi connectivity index (χ4n) is 4.10. The minimum absolute atomic E-state index is 0.0498. The standard InChI is InChI=1S/C26H22ClN3OS/c27-21-13-11-19(12-14-21)25-22(24(28-29-25)18-7-3-1-4-8-18)17-23-30(15-16-32-23)26(31)20-9-5-2-6-10-20/h1-14,23H,15-17H2,(H,28,29). The van der Waals surface area contributed by atoms with E-state index in [1.54, 1.807) is 0 Å². The molecule has 5 rings (SSSR count). The lowest BCUT2D eigenvalue weighted by atomic mass is 9.99. The van der Waals surface area contributed by atoms with Crippen LogP contribution in [0.4, 0.5) is 0 Å². The number of thioether (sulfide) groups is 1. The van der Waals surface area contributed by atoms with E-state index in [0.717, 1.165) is 45.9 Å². The summed E-state index contributed by atoms with van der Waals surface area (Å²) in [6, 6.07) is 27.5. The summed E-state index contributed by atoms with van der Waals surface area (Å²) >= 11 is 7.94. The van der Waals surface area contributed by atoms with Gasteiger partial charge in [-0.25, -0.2) is 0 Å². The largest absolute Gasteiger partial charge is 0.326 e. The van der Waals surface area contributed by atoms with Crippen LogP contribution in [0.15, 0.2) is 84.9 Å². The SMILES string of the molecule is O=C(c1ccccc1)N1CCSC1Cc1c(-c2ccccc2)n[nH]c1-c1ccc(Cl)cc1. The number of carbonyl (C=O) groups is 1. The third-order valence-corrected chi connectivity index (χ3v) is 7.17. The number of amides is 1. The van der Waals surface area contributed by atoms with Gasteiger partial charge in [0.1, 0.15) is 0 Å². The van der Waals surface area contributed by atoms with Crippen LogP contribution < -0.4 is 0 Å². The Labute approximate surface area is 196 Å². The summed E-state index contributed by atoms with van der Waals surface area (Å²) in [6.45, 7) is 0.748. The monoisotopic (exact) mass is 459 g/mol. The highest BCUT2D eigenvalue weighted by atomic mass is 35.5. The van der Waals surface area contributed by atoms with Crippen LogP contribution >= 0.6 is 23.4 Å². The summed E-state index contributed by atoms with van der Waals surface area (Å²) in [5.41, 5.74) is 5.83.